The quantitative estimate of drug-likeness (QED) is 0.488. The van der Waals surface area contributed by atoms with Crippen LogP contribution in [0.1, 0.15) is 6.42 Å². The van der Waals surface area contributed by atoms with Crippen LogP contribution >= 0.6 is 0 Å². The van der Waals surface area contributed by atoms with E-state index < -0.39 is 18.2 Å². The van der Waals surface area contributed by atoms with Gasteiger partial charge in [0.05, 0.1) is 19.7 Å². The number of carbonyl (C=O) groups is 2. The summed E-state index contributed by atoms with van der Waals surface area (Å²) in [6.45, 7) is 0.134. The highest BCUT2D eigenvalue weighted by atomic mass is 16.5. The van der Waals surface area contributed by atoms with Crippen LogP contribution in [0.25, 0.3) is 0 Å². The van der Waals surface area contributed by atoms with Gasteiger partial charge in [0.2, 0.25) is 5.91 Å². The maximum atomic E-state index is 11.3. The summed E-state index contributed by atoms with van der Waals surface area (Å²) in [6, 6.07) is 0. The normalized spacial score (nSPS) is 18.0. The minimum absolute atomic E-state index is 0.0690. The monoisotopic (exact) mass is 232 g/mol. The van der Waals surface area contributed by atoms with E-state index in [9.17, 15) is 9.59 Å². The fraction of sp³-hybridized carbons (Fsp3) is 0.778. The van der Waals surface area contributed by atoms with E-state index in [1.807, 2.05) is 0 Å². The lowest BCUT2D eigenvalue weighted by molar-refractivity contribution is -0.175. The molecule has 1 saturated heterocycles. The van der Waals surface area contributed by atoms with Crippen molar-refractivity contribution in [3.8, 4) is 0 Å². The van der Waals surface area contributed by atoms with E-state index >= 15 is 0 Å². The molecule has 1 rings (SSSR count). The number of carboxylic acid groups (broad SMARTS) is 1. The Balaban J connectivity index is 2.38. The number of aliphatic hydroxyl groups is 1. The van der Waals surface area contributed by atoms with Crippen LogP contribution in [0.3, 0.4) is 0 Å². The Hall–Kier alpha value is -1.18. The molecule has 0 atom stereocenters. The first kappa shape index (κ1) is 12.9. The van der Waals surface area contributed by atoms with Crippen molar-refractivity contribution >= 4 is 11.9 Å². The summed E-state index contributed by atoms with van der Waals surface area (Å²) in [5, 5.41) is 17.1. The molecular formula is C9H16N2O5. The third-order valence-corrected chi connectivity index (χ3v) is 2.51. The fourth-order valence-corrected chi connectivity index (χ4v) is 1.57. The molecule has 0 radical (unpaired) electrons. The zero-order valence-electron chi connectivity index (χ0n) is 8.89. The molecular weight excluding hydrogens is 216 g/mol. The van der Waals surface area contributed by atoms with Crippen molar-refractivity contribution in [1.82, 2.24) is 4.90 Å². The average Bonchev–Trinajstić information content (AvgIpc) is 2.16. The second-order valence-corrected chi connectivity index (χ2v) is 3.79. The van der Waals surface area contributed by atoms with E-state index in [2.05, 4.69) is 0 Å². The second kappa shape index (κ2) is 5.24. The van der Waals surface area contributed by atoms with E-state index in [-0.39, 0.29) is 38.6 Å². The van der Waals surface area contributed by atoms with Gasteiger partial charge in [-0.3, -0.25) is 4.79 Å². The highest BCUT2D eigenvalue weighted by Crippen LogP contribution is 2.24. The van der Waals surface area contributed by atoms with Gasteiger partial charge in [-0.25, -0.2) is 4.79 Å². The molecule has 1 aliphatic heterocycles. The van der Waals surface area contributed by atoms with Crippen molar-refractivity contribution in [3.05, 3.63) is 0 Å². The summed E-state index contributed by atoms with van der Waals surface area (Å²) in [4.78, 5) is 23.2. The van der Waals surface area contributed by atoms with Gasteiger partial charge < -0.3 is 25.6 Å². The first-order chi connectivity index (χ1) is 7.53. The third-order valence-electron chi connectivity index (χ3n) is 2.51. The van der Waals surface area contributed by atoms with Gasteiger partial charge >= 0.3 is 5.97 Å². The van der Waals surface area contributed by atoms with Crippen LogP contribution in [0.4, 0.5) is 0 Å². The molecule has 0 aliphatic carbocycles. The zero-order valence-corrected chi connectivity index (χ0v) is 8.89. The lowest BCUT2D eigenvalue weighted by Crippen LogP contribution is -2.68. The first-order valence-electron chi connectivity index (χ1n) is 4.97. The Morgan fingerprint density at radius 1 is 1.44 bits per heavy atom. The molecule has 0 saturated carbocycles. The number of carbonyl (C=O) groups excluding carboxylic acids is 1. The first-order valence-corrected chi connectivity index (χ1v) is 4.97. The highest BCUT2D eigenvalue weighted by molar-refractivity contribution is 5.77. The van der Waals surface area contributed by atoms with Crippen molar-refractivity contribution in [3.63, 3.8) is 0 Å². The summed E-state index contributed by atoms with van der Waals surface area (Å²) in [6.07, 6.45) is 0.0690. The summed E-state index contributed by atoms with van der Waals surface area (Å²) in [5.74, 6) is -1.24. The van der Waals surface area contributed by atoms with Crippen molar-refractivity contribution in [2.45, 2.75) is 12.0 Å². The standard InChI is InChI=1S/C9H16N2O5/c10-4-9(16-3-8(14)15)5-11(6-9)7(13)1-2-12/h12H,1-6,10H2,(H,14,15). The molecule has 1 amide bonds. The number of carboxylic acids is 1. The number of aliphatic carboxylic acids is 1. The Kier molecular flexibility index (Phi) is 4.22. The van der Waals surface area contributed by atoms with Crippen molar-refractivity contribution in [1.29, 1.82) is 0 Å². The minimum atomic E-state index is -1.06. The van der Waals surface area contributed by atoms with Crippen molar-refractivity contribution in [2.75, 3.05) is 32.8 Å². The van der Waals surface area contributed by atoms with Crippen molar-refractivity contribution < 1.29 is 24.5 Å². The van der Waals surface area contributed by atoms with Crippen molar-refractivity contribution in [2.24, 2.45) is 5.73 Å². The molecule has 0 aromatic carbocycles. The minimum Gasteiger partial charge on any atom is -0.480 e. The van der Waals surface area contributed by atoms with Crippen LogP contribution in [-0.2, 0) is 14.3 Å². The number of hydrogen-bond donors (Lipinski definition) is 3. The number of rotatable bonds is 6. The van der Waals surface area contributed by atoms with Gasteiger partial charge in [-0.2, -0.15) is 0 Å². The van der Waals surface area contributed by atoms with Gasteiger partial charge in [-0.1, -0.05) is 0 Å². The molecule has 16 heavy (non-hydrogen) atoms. The molecule has 0 spiro atoms. The van der Waals surface area contributed by atoms with Crippen LogP contribution in [0.2, 0.25) is 0 Å². The predicted octanol–water partition coefficient (Wildman–Crippen LogP) is -1.99. The third kappa shape index (κ3) is 2.91. The Labute approximate surface area is 92.8 Å². The van der Waals surface area contributed by atoms with E-state index in [4.69, 9.17) is 20.7 Å². The second-order valence-electron chi connectivity index (χ2n) is 3.79. The lowest BCUT2D eigenvalue weighted by Gasteiger charge is -2.48. The molecule has 1 fully saturated rings. The molecule has 7 nitrogen and oxygen atoms in total. The Bertz CT molecular complexity index is 275. The number of likely N-dealkylation sites (tertiary alicyclic amines) is 1. The van der Waals surface area contributed by atoms with E-state index in [1.165, 1.54) is 4.90 Å². The molecule has 4 N–H and O–H groups in total. The Morgan fingerprint density at radius 3 is 2.50 bits per heavy atom. The number of ether oxygens (including phenoxy) is 1. The van der Waals surface area contributed by atoms with Crippen LogP contribution in [0.15, 0.2) is 0 Å². The molecule has 1 aliphatic rings. The van der Waals surface area contributed by atoms with Gasteiger partial charge in [-0.05, 0) is 0 Å². The molecule has 1 heterocycles. The lowest BCUT2D eigenvalue weighted by atomic mass is 9.93. The largest absolute Gasteiger partial charge is 0.480 e. The molecule has 92 valence electrons. The number of hydrogen-bond acceptors (Lipinski definition) is 5. The maximum absolute atomic E-state index is 11.3. The maximum Gasteiger partial charge on any atom is 0.329 e. The van der Waals surface area contributed by atoms with Gasteiger partial charge in [0.25, 0.3) is 0 Å². The Morgan fingerprint density at radius 2 is 2.06 bits per heavy atom. The van der Waals surface area contributed by atoms with Crippen LogP contribution in [-0.4, -0.2) is 65.4 Å². The van der Waals surface area contributed by atoms with Gasteiger partial charge in [0.1, 0.15) is 12.2 Å². The van der Waals surface area contributed by atoms with Gasteiger partial charge in [0.15, 0.2) is 0 Å². The summed E-state index contributed by atoms with van der Waals surface area (Å²) >= 11 is 0. The molecule has 0 unspecified atom stereocenters. The predicted molar refractivity (Wildman–Crippen MR) is 53.7 cm³/mol. The van der Waals surface area contributed by atoms with E-state index in [0.717, 1.165) is 0 Å². The molecule has 0 aromatic heterocycles. The zero-order chi connectivity index (χ0) is 12.2. The van der Waals surface area contributed by atoms with Gasteiger partial charge in [-0.15, -0.1) is 0 Å². The summed E-state index contributed by atoms with van der Waals surface area (Å²) in [7, 11) is 0. The summed E-state index contributed by atoms with van der Waals surface area (Å²) in [5.41, 5.74) is 4.75. The van der Waals surface area contributed by atoms with E-state index in [1.54, 1.807) is 0 Å². The van der Waals surface area contributed by atoms with E-state index in [0.29, 0.717) is 0 Å². The average molecular weight is 232 g/mol. The fourth-order valence-electron chi connectivity index (χ4n) is 1.57. The SMILES string of the molecule is NCC1(OCC(=O)O)CN(C(=O)CCO)C1. The summed E-state index contributed by atoms with van der Waals surface area (Å²) < 4.78 is 5.15. The molecule has 0 bridgehead atoms. The number of aliphatic hydroxyl groups excluding tert-OH is 1. The smallest absolute Gasteiger partial charge is 0.329 e. The van der Waals surface area contributed by atoms with Crippen LogP contribution in [0.5, 0.6) is 0 Å². The highest BCUT2D eigenvalue weighted by Gasteiger charge is 2.45. The van der Waals surface area contributed by atoms with Crippen LogP contribution in [0, 0.1) is 0 Å². The molecule has 7 heteroatoms. The number of nitrogens with zero attached hydrogens (tertiary/aromatic N) is 1. The number of nitrogens with two attached hydrogens (primary N) is 1. The van der Waals surface area contributed by atoms with Gasteiger partial charge in [0, 0.05) is 13.0 Å². The van der Waals surface area contributed by atoms with Crippen LogP contribution < -0.4 is 5.73 Å². The molecule has 0 aromatic rings. The number of amides is 1. The topological polar surface area (TPSA) is 113 Å².